The number of carbonyl (C=O) groups is 1. The first-order valence-electron chi connectivity index (χ1n) is 12.1. The number of benzene rings is 3. The Morgan fingerprint density at radius 2 is 1.63 bits per heavy atom. The molecule has 0 atom stereocenters. The van der Waals surface area contributed by atoms with Crippen molar-refractivity contribution in [2.24, 2.45) is 0 Å². The first-order valence-corrected chi connectivity index (χ1v) is 12.4. The molecule has 2 N–H and O–H groups in total. The van der Waals surface area contributed by atoms with Gasteiger partial charge >= 0.3 is 0 Å². The molecule has 3 heterocycles. The molecule has 184 valence electrons. The second-order valence-electron chi connectivity index (χ2n) is 8.90. The first-order chi connectivity index (χ1) is 18.6. The van der Waals surface area contributed by atoms with Gasteiger partial charge in [-0.15, -0.1) is 0 Å². The summed E-state index contributed by atoms with van der Waals surface area (Å²) in [5.41, 5.74) is 4.98. The van der Waals surface area contributed by atoms with E-state index in [9.17, 15) is 9.59 Å². The second kappa shape index (κ2) is 9.92. The molecule has 1 amide bonds. The molecule has 3 aromatic carbocycles. The fourth-order valence-electron chi connectivity index (χ4n) is 4.58. The summed E-state index contributed by atoms with van der Waals surface area (Å²) in [6.45, 7) is 0.337. The Hall–Kier alpha value is -4.81. The molecule has 0 aliphatic heterocycles. The molecule has 0 radical (unpaired) electrons. The van der Waals surface area contributed by atoms with Crippen LogP contribution in [0, 0.1) is 0 Å². The van der Waals surface area contributed by atoms with Crippen LogP contribution in [-0.4, -0.2) is 20.9 Å². The molecule has 0 saturated heterocycles. The lowest BCUT2D eigenvalue weighted by atomic mass is 9.96. The van der Waals surface area contributed by atoms with Gasteiger partial charge in [0.2, 0.25) is 5.56 Å². The maximum Gasteiger partial charge on any atom is 0.252 e. The molecule has 0 bridgehead atoms. The molecule has 38 heavy (non-hydrogen) atoms. The van der Waals surface area contributed by atoms with Crippen LogP contribution in [0.15, 0.2) is 108 Å². The summed E-state index contributed by atoms with van der Waals surface area (Å²) in [6, 6.07) is 30.2. The van der Waals surface area contributed by atoms with Crippen molar-refractivity contribution in [2.45, 2.75) is 6.54 Å². The Kier molecular flexibility index (Phi) is 6.15. The third-order valence-corrected chi connectivity index (χ3v) is 6.67. The second-order valence-corrected chi connectivity index (χ2v) is 9.30. The summed E-state index contributed by atoms with van der Waals surface area (Å²) in [6.07, 6.45) is 1.71. The lowest BCUT2D eigenvalue weighted by Gasteiger charge is -2.14. The van der Waals surface area contributed by atoms with Crippen LogP contribution in [0.5, 0.6) is 0 Å². The monoisotopic (exact) mass is 516 g/mol. The van der Waals surface area contributed by atoms with Crippen molar-refractivity contribution in [1.82, 2.24) is 20.3 Å². The maximum atomic E-state index is 13.3. The lowest BCUT2D eigenvalue weighted by Crippen LogP contribution is -2.25. The molecular formula is C31H21ClN4O2. The third kappa shape index (κ3) is 4.53. The normalized spacial score (nSPS) is 11.1. The smallest absolute Gasteiger partial charge is 0.252 e. The molecule has 0 spiro atoms. The number of nitrogens with one attached hydrogen (secondary N) is 2. The van der Waals surface area contributed by atoms with E-state index in [1.165, 1.54) is 6.07 Å². The number of hydrogen-bond acceptors (Lipinski definition) is 4. The van der Waals surface area contributed by atoms with Crippen LogP contribution >= 0.6 is 11.6 Å². The fraction of sp³-hybridized carbons (Fsp3) is 0.0323. The van der Waals surface area contributed by atoms with E-state index in [0.717, 1.165) is 27.6 Å². The topological polar surface area (TPSA) is 87.7 Å². The zero-order valence-electron chi connectivity index (χ0n) is 20.1. The summed E-state index contributed by atoms with van der Waals surface area (Å²) < 4.78 is 0. The first kappa shape index (κ1) is 23.6. The standard InChI is InChI=1S/C31H21ClN4O2/c32-26-15-22(14-21-12-7-13-33-29(21)26)23-16-24-25(31(38)34-18-19-8-3-1-4-9-19)17-27(37)35-30(24)36-28(23)20-10-5-2-6-11-20/h1-17H,18H2,(H,34,38)(H,35,36,37). The van der Waals surface area contributed by atoms with Gasteiger partial charge in [0.15, 0.2) is 0 Å². The Morgan fingerprint density at radius 3 is 2.42 bits per heavy atom. The van der Waals surface area contributed by atoms with Crippen LogP contribution in [0.2, 0.25) is 5.02 Å². The summed E-state index contributed by atoms with van der Waals surface area (Å²) in [7, 11) is 0. The molecule has 0 aliphatic rings. The van der Waals surface area contributed by atoms with Gasteiger partial charge in [0.1, 0.15) is 5.65 Å². The van der Waals surface area contributed by atoms with Crippen molar-refractivity contribution in [1.29, 1.82) is 0 Å². The number of rotatable bonds is 5. The van der Waals surface area contributed by atoms with Crippen molar-refractivity contribution >= 4 is 39.4 Å². The molecule has 6 aromatic rings. The molecule has 0 unspecified atom stereocenters. The number of pyridine rings is 3. The molecule has 6 nitrogen and oxygen atoms in total. The quantitative estimate of drug-likeness (QED) is 0.278. The number of aromatic nitrogens is 3. The average molecular weight is 517 g/mol. The number of carbonyl (C=O) groups excluding carboxylic acids is 1. The third-order valence-electron chi connectivity index (χ3n) is 6.39. The summed E-state index contributed by atoms with van der Waals surface area (Å²) in [5.74, 6) is -0.356. The Balaban J connectivity index is 1.55. The van der Waals surface area contributed by atoms with Crippen LogP contribution in [0.4, 0.5) is 0 Å². The van der Waals surface area contributed by atoms with Gasteiger partial charge in [-0.25, -0.2) is 4.98 Å². The van der Waals surface area contributed by atoms with Crippen LogP contribution in [-0.2, 0) is 6.54 Å². The van der Waals surface area contributed by atoms with Gasteiger partial charge < -0.3 is 10.3 Å². The minimum absolute atomic E-state index is 0.251. The summed E-state index contributed by atoms with van der Waals surface area (Å²) in [4.78, 5) is 37.9. The number of hydrogen-bond donors (Lipinski definition) is 2. The van der Waals surface area contributed by atoms with Crippen molar-refractivity contribution in [3.8, 4) is 22.4 Å². The van der Waals surface area contributed by atoms with Gasteiger partial charge in [-0.1, -0.05) is 78.3 Å². The van der Waals surface area contributed by atoms with E-state index in [1.54, 1.807) is 6.20 Å². The number of aromatic amines is 1. The number of amides is 1. The van der Waals surface area contributed by atoms with Gasteiger partial charge in [0.05, 0.1) is 21.8 Å². The van der Waals surface area contributed by atoms with E-state index < -0.39 is 5.56 Å². The minimum atomic E-state index is -0.401. The Labute approximate surface area is 223 Å². The van der Waals surface area contributed by atoms with Crippen LogP contribution in [0.25, 0.3) is 44.3 Å². The van der Waals surface area contributed by atoms with Gasteiger partial charge in [0.25, 0.3) is 5.91 Å². The van der Waals surface area contributed by atoms with Crippen molar-refractivity contribution < 1.29 is 4.79 Å². The minimum Gasteiger partial charge on any atom is -0.348 e. The number of H-pyrrole nitrogens is 1. The average Bonchev–Trinajstić information content (AvgIpc) is 2.96. The maximum absolute atomic E-state index is 13.3. The van der Waals surface area contributed by atoms with Crippen LogP contribution < -0.4 is 10.9 Å². The van der Waals surface area contributed by atoms with E-state index in [-0.39, 0.29) is 11.5 Å². The molecule has 0 saturated carbocycles. The predicted octanol–water partition coefficient (Wildman–Crippen LogP) is 6.39. The lowest BCUT2D eigenvalue weighted by molar-refractivity contribution is 0.0952. The van der Waals surface area contributed by atoms with Crippen LogP contribution in [0.1, 0.15) is 15.9 Å². The highest BCUT2D eigenvalue weighted by Crippen LogP contribution is 2.37. The van der Waals surface area contributed by atoms with E-state index in [0.29, 0.717) is 33.8 Å². The largest absolute Gasteiger partial charge is 0.348 e. The van der Waals surface area contributed by atoms with E-state index in [2.05, 4.69) is 15.3 Å². The SMILES string of the molecule is O=C(NCc1ccccc1)c1cc(=O)[nH]c2nc(-c3ccccc3)c(-c3cc(Cl)c4ncccc4c3)cc12. The van der Waals surface area contributed by atoms with Crippen molar-refractivity contribution in [3.63, 3.8) is 0 Å². The van der Waals surface area contributed by atoms with Crippen LogP contribution in [0.3, 0.4) is 0 Å². The highest BCUT2D eigenvalue weighted by atomic mass is 35.5. The molecular weight excluding hydrogens is 496 g/mol. The highest BCUT2D eigenvalue weighted by Gasteiger charge is 2.18. The van der Waals surface area contributed by atoms with E-state index in [1.807, 2.05) is 91.0 Å². The fourth-order valence-corrected chi connectivity index (χ4v) is 4.85. The summed E-state index contributed by atoms with van der Waals surface area (Å²) in [5, 5.41) is 4.86. The van der Waals surface area contributed by atoms with Gasteiger partial charge in [-0.2, -0.15) is 0 Å². The highest BCUT2D eigenvalue weighted by molar-refractivity contribution is 6.35. The Morgan fingerprint density at radius 1 is 0.868 bits per heavy atom. The molecule has 0 fully saturated rings. The summed E-state index contributed by atoms with van der Waals surface area (Å²) >= 11 is 6.64. The molecule has 0 aliphatic carbocycles. The number of halogens is 1. The molecule has 7 heteroatoms. The van der Waals surface area contributed by atoms with Crippen molar-refractivity contribution in [2.75, 3.05) is 0 Å². The molecule has 6 rings (SSSR count). The zero-order valence-corrected chi connectivity index (χ0v) is 20.9. The predicted molar refractivity (Wildman–Crippen MR) is 151 cm³/mol. The van der Waals surface area contributed by atoms with Crippen molar-refractivity contribution in [3.05, 3.63) is 130 Å². The van der Waals surface area contributed by atoms with E-state index >= 15 is 0 Å². The van der Waals surface area contributed by atoms with Gasteiger partial charge in [-0.3, -0.25) is 14.6 Å². The Bertz CT molecular complexity index is 1870. The number of fused-ring (bicyclic) bond motifs is 2. The zero-order chi connectivity index (χ0) is 26.1. The number of nitrogens with zero attached hydrogens (tertiary/aromatic N) is 2. The van der Waals surface area contributed by atoms with Gasteiger partial charge in [0, 0.05) is 40.7 Å². The van der Waals surface area contributed by atoms with E-state index in [4.69, 9.17) is 16.6 Å². The molecule has 3 aromatic heterocycles. The van der Waals surface area contributed by atoms with Gasteiger partial charge in [-0.05, 0) is 35.4 Å².